The van der Waals surface area contributed by atoms with Crippen molar-refractivity contribution in [1.29, 1.82) is 0 Å². The Morgan fingerprint density at radius 2 is 0.579 bits per heavy atom. The number of para-hydroxylation sites is 3. The number of hydrogen-bond acceptors (Lipinski definition) is 24. The predicted octanol–water partition coefficient (Wildman–Crippen LogP) is 7.52. The van der Waals surface area contributed by atoms with Crippen molar-refractivity contribution in [3.63, 3.8) is 0 Å². The van der Waals surface area contributed by atoms with Gasteiger partial charge in [0.1, 0.15) is 0 Å². The number of anilines is 9. The van der Waals surface area contributed by atoms with Crippen molar-refractivity contribution >= 4 is 147 Å². The molecule has 668 valence electrons. The van der Waals surface area contributed by atoms with Gasteiger partial charge in [-0.15, -0.1) is 0 Å². The second kappa shape index (κ2) is 50.1. The molecule has 126 heavy (non-hydrogen) atoms. The molecule has 0 N–H and O–H groups in total. The van der Waals surface area contributed by atoms with Gasteiger partial charge in [-0.25, -0.2) is 0 Å². The molecule has 30 nitrogen and oxygen atoms in total. The van der Waals surface area contributed by atoms with E-state index < -0.39 is 0 Å². The number of benzene rings is 5. The molecule has 6 aromatic heterocycles. The van der Waals surface area contributed by atoms with Gasteiger partial charge in [-0.3, -0.25) is 70.6 Å². The summed E-state index contributed by atoms with van der Waals surface area (Å²) >= 11 is 0. The Hall–Kier alpha value is -5.89. The molecule has 0 amide bonds. The van der Waals surface area contributed by atoms with Gasteiger partial charge in [-0.1, -0.05) is 245 Å². The normalized spacial score (nSPS) is 16.8. The smallest absolute Gasteiger partial charge is 0.619 e. The standard InChI is InChI=1S/C23H21B2N5.C16H23B2N5.C13H17B2N5.2C9H17B2N5.C8H15B2N5.6Pt/c1-28-24(20-11-5-2-6-12-20)29(22-15-9-4-10-16-22)19-30(23-17-18-26-27-23)25(28)21-13-7-3-8-14-21;1-16(2,3)23-17(4)21(14-9-7-6-8-10-14)13-22(18(23)5)15-11-12-19-20-15;1-14-18(3)15(2)20(13-9-10-16-17-13)11-19(14)12-7-5-4-6-8-12;1-8-6-12-13-9(8)16-7-14(4)10(2)15(5)11(16)3;1-8-6-9(13-12-8)16-7-14(4)10(2)15(5)11(16)3;1-9-13(3)7-15(10(2)14(9)4)8-5-6-11-12-8;;;;;;/h2-19H,1H3;6-13H,1-5H3;4-11H,1-3H3;2*6-7H,1-5H3;5-7H,1-4H3;;;;;;/q6*-2;6*+2. The molecule has 12 heterocycles. The van der Waals surface area contributed by atoms with E-state index in [-0.39, 0.29) is 174 Å². The average molecular weight is 2770 g/mol. The van der Waals surface area contributed by atoms with Crippen LogP contribution in [0, 0.1) is 53.9 Å². The molecule has 0 atom stereocenters. The fraction of sp³-hybridized carbons (Fsp3) is 0.308. The molecule has 6 fully saturated rings. The van der Waals surface area contributed by atoms with E-state index in [2.05, 4.69) is 460 Å². The third-order valence-electron chi connectivity index (χ3n) is 24.0. The molecule has 6 aliphatic rings. The Morgan fingerprint density at radius 3 is 0.929 bits per heavy atom. The molecule has 6 saturated heterocycles. The van der Waals surface area contributed by atoms with Gasteiger partial charge < -0.3 is 117 Å². The van der Waals surface area contributed by atoms with Crippen LogP contribution in [0.1, 0.15) is 32.0 Å². The van der Waals surface area contributed by atoms with E-state index in [4.69, 9.17) is 0 Å². The van der Waals surface area contributed by atoms with Gasteiger partial charge in [0, 0.05) is 36.7 Å². The molecule has 48 heteroatoms. The molecule has 0 radical (unpaired) electrons. The van der Waals surface area contributed by atoms with E-state index in [1.165, 1.54) is 22.3 Å². The van der Waals surface area contributed by atoms with E-state index in [1.807, 2.05) is 68.4 Å². The third kappa shape index (κ3) is 25.7. The first kappa shape index (κ1) is 109. The van der Waals surface area contributed by atoms with Crippen LogP contribution in [-0.2, 0) is 126 Å². The summed E-state index contributed by atoms with van der Waals surface area (Å²) in [5, 5.41) is 49.1. The number of aromatic nitrogens is 12. The molecule has 0 unspecified atom stereocenters. The number of rotatable bonds is 11. The van der Waals surface area contributed by atoms with Crippen LogP contribution >= 0.6 is 0 Å². The molecule has 0 bridgehead atoms. The second-order valence-electron chi connectivity index (χ2n) is 32.4. The summed E-state index contributed by atoms with van der Waals surface area (Å²) in [6.07, 6.45) is 8.71. The van der Waals surface area contributed by atoms with Gasteiger partial charge in [0.15, 0.2) is 34.9 Å². The Morgan fingerprint density at radius 1 is 0.286 bits per heavy atom. The van der Waals surface area contributed by atoms with Crippen molar-refractivity contribution < 1.29 is 126 Å². The Labute approximate surface area is 841 Å². The molecule has 0 spiro atoms. The van der Waals surface area contributed by atoms with Crippen molar-refractivity contribution in [2.45, 2.75) is 108 Å². The topological polar surface area (TPSA) is 220 Å². The SMILES string of the molecule is CB1N(C)B(C)N(c2ccn[n-]2)[CH-]N1c1ccccc1.CB1N(C)[CH-]N(c2[n-]ncc2C)B(C)N1C.CB1N(C)[CH-]N(c2cc(C)n[n-]2)B(C)N1C.CB1N(C)[CH-]N(c2ccn[n-]2)B(C)N1C.CB1N(c2ccccc2)[CH-]N(c2ccn[n-]2)B(C)N1C(C)(C)C.CN1B(c2ccccc2)N(c2ccccc2)[CH-]N(c2ccn[n-]2)B1c1ccccc1.[Pt+2].[Pt+2].[Pt+2].[Pt+2].[Pt+2].[Pt+2]. The molecule has 0 saturated carbocycles. The first-order valence-corrected chi connectivity index (χ1v) is 41.2. The number of hydrogen-bond donors (Lipinski definition) is 0. The minimum atomic E-state index is -0.0203. The molecule has 6 aliphatic heterocycles. The Bertz CT molecular complexity index is 4810. The van der Waals surface area contributed by atoms with E-state index >= 15 is 0 Å². The van der Waals surface area contributed by atoms with Gasteiger partial charge in [-0.2, -0.15) is 0 Å². The summed E-state index contributed by atoms with van der Waals surface area (Å²) in [6.45, 7) is 48.4. The molecular formula is C78H110B12N30Pt6. The van der Waals surface area contributed by atoms with Crippen LogP contribution < -0.4 is 84.8 Å². The fourth-order valence-corrected chi connectivity index (χ4v) is 16.0. The monoisotopic (exact) mass is 2770 g/mol. The Kier molecular flexibility index (Phi) is 43.3. The van der Waals surface area contributed by atoms with E-state index in [1.54, 1.807) is 31.0 Å². The zero-order valence-corrected chi connectivity index (χ0v) is 89.5. The van der Waals surface area contributed by atoms with Crippen LogP contribution in [-0.4, -0.2) is 219 Å². The number of aryl methyl sites for hydroxylation is 2. The van der Waals surface area contributed by atoms with Crippen LogP contribution in [0.15, 0.2) is 213 Å². The van der Waals surface area contributed by atoms with E-state index in [0.717, 1.165) is 51.9 Å². The maximum atomic E-state index is 4.37. The zero-order valence-electron chi connectivity index (χ0n) is 75.9. The largest absolute Gasteiger partial charge is 2.00 e. The van der Waals surface area contributed by atoms with Crippen LogP contribution in [0.25, 0.3) is 0 Å². The van der Waals surface area contributed by atoms with Gasteiger partial charge in [0.05, 0.1) is 0 Å². The Balaban J connectivity index is 0.000000235. The summed E-state index contributed by atoms with van der Waals surface area (Å²) in [5.41, 5.74) is 7.99. The molecular weight excluding hydrogens is 2660 g/mol. The van der Waals surface area contributed by atoms with Crippen LogP contribution in [0.3, 0.4) is 0 Å². The predicted molar refractivity (Wildman–Crippen MR) is 506 cm³/mol. The van der Waals surface area contributed by atoms with E-state index in [0.29, 0.717) is 41.9 Å². The van der Waals surface area contributed by atoms with Gasteiger partial charge >= 0.3 is 133 Å². The quantitative estimate of drug-likeness (QED) is 0.0903. The molecule has 11 aromatic rings. The second-order valence-corrected chi connectivity index (χ2v) is 32.4. The summed E-state index contributed by atoms with van der Waals surface area (Å²) < 4.78 is 14.1. The summed E-state index contributed by atoms with van der Waals surface area (Å²) in [7, 11) is 16.9. The fourth-order valence-electron chi connectivity index (χ4n) is 16.0. The van der Waals surface area contributed by atoms with Crippen molar-refractivity contribution in [3.05, 3.63) is 264 Å². The van der Waals surface area contributed by atoms with Crippen LogP contribution in [0.2, 0.25) is 68.2 Å². The summed E-state index contributed by atoms with van der Waals surface area (Å²) in [5.74, 6) is 5.32. The first-order chi connectivity index (χ1) is 57.5. The third-order valence-corrected chi connectivity index (χ3v) is 24.0. The molecule has 17 rings (SSSR count). The number of nitrogens with zero attached hydrogens (tertiary/aromatic N) is 30. The van der Waals surface area contributed by atoms with E-state index in [9.17, 15) is 0 Å². The average Bonchev–Trinajstić information content (AvgIpc) is 1.35. The van der Waals surface area contributed by atoms with Crippen LogP contribution in [0.4, 0.5) is 52.0 Å². The van der Waals surface area contributed by atoms with Gasteiger partial charge in [0.25, 0.3) is 34.9 Å². The minimum absolute atomic E-state index is 0. The van der Waals surface area contributed by atoms with Crippen molar-refractivity contribution in [3.8, 4) is 0 Å². The van der Waals surface area contributed by atoms with Crippen molar-refractivity contribution in [2.75, 3.05) is 99.7 Å². The van der Waals surface area contributed by atoms with Gasteiger partial charge in [-0.05, 0) is 170 Å². The first-order valence-electron chi connectivity index (χ1n) is 41.2. The summed E-state index contributed by atoms with van der Waals surface area (Å²) in [4.78, 5) is 26.3. The summed E-state index contributed by atoms with van der Waals surface area (Å²) in [6, 6.07) is 62.2. The molecule has 5 aromatic carbocycles. The van der Waals surface area contributed by atoms with Crippen molar-refractivity contribution in [2.24, 2.45) is 0 Å². The molecule has 0 aliphatic carbocycles. The van der Waals surface area contributed by atoms with Crippen molar-refractivity contribution in [1.82, 2.24) is 104 Å². The minimum Gasteiger partial charge on any atom is -0.619 e. The maximum Gasteiger partial charge on any atom is 2.00 e. The zero-order chi connectivity index (χ0) is 85.8. The van der Waals surface area contributed by atoms with Crippen LogP contribution in [0.5, 0.6) is 0 Å². The van der Waals surface area contributed by atoms with Gasteiger partial charge in [0.2, 0.25) is 6.98 Å². The maximum absolute atomic E-state index is 4.37.